The van der Waals surface area contributed by atoms with E-state index in [-0.39, 0.29) is 28.1 Å². The van der Waals surface area contributed by atoms with Crippen molar-refractivity contribution >= 4 is 10.0 Å². The van der Waals surface area contributed by atoms with E-state index in [4.69, 9.17) is 0 Å². The monoisotopic (exact) mass is 386 g/mol. The van der Waals surface area contributed by atoms with Crippen LogP contribution in [0.5, 0.6) is 0 Å². The highest BCUT2D eigenvalue weighted by Crippen LogP contribution is 2.58. The Balaban J connectivity index is 1.57. The summed E-state index contributed by atoms with van der Waals surface area (Å²) in [5, 5.41) is 8.25. The number of sulfonamides is 1. The molecule has 1 N–H and O–H groups in total. The van der Waals surface area contributed by atoms with Gasteiger partial charge in [0, 0.05) is 12.0 Å². The molecular weight excluding hydrogens is 367 g/mol. The summed E-state index contributed by atoms with van der Waals surface area (Å²) < 4.78 is 42.9. The highest BCUT2D eigenvalue weighted by molar-refractivity contribution is 7.89. The molecular formula is C19H19FN4O2S. The zero-order chi connectivity index (χ0) is 19.2. The third kappa shape index (κ3) is 3.26. The maximum absolute atomic E-state index is 13.4. The summed E-state index contributed by atoms with van der Waals surface area (Å²) in [7, 11) is -3.61. The Kier molecular flexibility index (Phi) is 4.12. The van der Waals surface area contributed by atoms with Crippen molar-refractivity contribution in [1.29, 1.82) is 0 Å². The van der Waals surface area contributed by atoms with E-state index < -0.39 is 10.0 Å². The molecule has 2 aromatic carbocycles. The molecule has 0 aliphatic heterocycles. The van der Waals surface area contributed by atoms with Gasteiger partial charge in [-0.3, -0.25) is 0 Å². The quantitative estimate of drug-likeness (QED) is 0.732. The van der Waals surface area contributed by atoms with Crippen molar-refractivity contribution < 1.29 is 12.8 Å². The molecule has 4 rings (SSSR count). The fraction of sp³-hybridized carbons (Fsp3) is 0.263. The highest BCUT2D eigenvalue weighted by Gasteiger charge is 2.61. The van der Waals surface area contributed by atoms with E-state index in [1.807, 2.05) is 13.8 Å². The second-order valence-electron chi connectivity index (χ2n) is 7.28. The average molecular weight is 386 g/mol. The Morgan fingerprint density at radius 3 is 2.56 bits per heavy atom. The third-order valence-corrected chi connectivity index (χ3v) is 6.52. The van der Waals surface area contributed by atoms with E-state index in [1.165, 1.54) is 16.8 Å². The lowest BCUT2D eigenvalue weighted by atomic mass is 10.1. The topological polar surface area (TPSA) is 76.9 Å². The van der Waals surface area contributed by atoms with Gasteiger partial charge in [0.15, 0.2) is 0 Å². The molecule has 0 radical (unpaired) electrons. The first-order valence-electron chi connectivity index (χ1n) is 8.54. The van der Waals surface area contributed by atoms with Gasteiger partial charge in [-0.2, -0.15) is 0 Å². The molecule has 1 aromatic heterocycles. The number of hydrogen-bond donors (Lipinski definition) is 1. The maximum atomic E-state index is 13.4. The molecule has 1 heterocycles. The van der Waals surface area contributed by atoms with Gasteiger partial charge >= 0.3 is 0 Å². The molecule has 0 saturated heterocycles. The van der Waals surface area contributed by atoms with Crippen LogP contribution < -0.4 is 4.72 Å². The van der Waals surface area contributed by atoms with Crippen LogP contribution in [0.2, 0.25) is 0 Å². The molecule has 0 unspecified atom stereocenters. The molecule has 1 fully saturated rings. The number of nitrogens with one attached hydrogen (secondary N) is 1. The molecule has 1 saturated carbocycles. The molecule has 2 atom stereocenters. The van der Waals surface area contributed by atoms with Crippen LogP contribution in [0.3, 0.4) is 0 Å². The van der Waals surface area contributed by atoms with E-state index >= 15 is 0 Å². The second kappa shape index (κ2) is 6.24. The Morgan fingerprint density at radius 2 is 1.85 bits per heavy atom. The molecule has 0 bridgehead atoms. The van der Waals surface area contributed by atoms with Crippen LogP contribution in [0, 0.1) is 11.2 Å². The fourth-order valence-corrected chi connectivity index (χ4v) is 4.83. The van der Waals surface area contributed by atoms with E-state index in [1.54, 1.807) is 48.7 Å². The van der Waals surface area contributed by atoms with Gasteiger partial charge in [0.25, 0.3) is 0 Å². The number of halogens is 1. The van der Waals surface area contributed by atoms with Crippen molar-refractivity contribution in [3.63, 3.8) is 0 Å². The fourth-order valence-electron chi connectivity index (χ4n) is 3.41. The molecule has 6 nitrogen and oxygen atoms in total. The van der Waals surface area contributed by atoms with Crippen molar-refractivity contribution in [3.8, 4) is 5.69 Å². The summed E-state index contributed by atoms with van der Waals surface area (Å²) >= 11 is 0. The Morgan fingerprint density at radius 1 is 1.11 bits per heavy atom. The molecule has 1 aliphatic carbocycles. The van der Waals surface area contributed by atoms with Crippen LogP contribution >= 0.6 is 0 Å². The van der Waals surface area contributed by atoms with Crippen molar-refractivity contribution in [1.82, 2.24) is 19.7 Å². The number of rotatable bonds is 5. The summed E-state index contributed by atoms with van der Waals surface area (Å²) in [5.41, 5.74) is 0.934. The first kappa shape index (κ1) is 17.8. The molecule has 3 aromatic rings. The van der Waals surface area contributed by atoms with Gasteiger partial charge in [0.2, 0.25) is 10.0 Å². The van der Waals surface area contributed by atoms with Gasteiger partial charge in [0.05, 0.1) is 22.5 Å². The minimum atomic E-state index is -3.61. The lowest BCUT2D eigenvalue weighted by molar-refractivity contribution is 0.552. The van der Waals surface area contributed by atoms with Crippen molar-refractivity contribution in [2.45, 2.75) is 30.7 Å². The summed E-state index contributed by atoms with van der Waals surface area (Å²) in [6.07, 6.45) is 1.72. The van der Waals surface area contributed by atoms with Crippen LogP contribution in [0.25, 0.3) is 5.69 Å². The molecule has 1 aliphatic rings. The third-order valence-electron chi connectivity index (χ3n) is 5.07. The molecule has 0 spiro atoms. The van der Waals surface area contributed by atoms with Crippen LogP contribution in [0.15, 0.2) is 65.7 Å². The van der Waals surface area contributed by atoms with Crippen molar-refractivity contribution in [2.24, 2.45) is 5.41 Å². The number of nitrogens with zero attached hydrogens (tertiary/aromatic N) is 3. The minimum Gasteiger partial charge on any atom is -0.220 e. The first-order valence-corrected chi connectivity index (χ1v) is 10.0. The summed E-state index contributed by atoms with van der Waals surface area (Å²) in [5.74, 6) is -0.469. The largest absolute Gasteiger partial charge is 0.240 e. The average Bonchev–Trinajstić information content (AvgIpc) is 2.99. The van der Waals surface area contributed by atoms with E-state index in [0.29, 0.717) is 11.4 Å². The normalized spacial score (nSPS) is 21.1. The Bertz CT molecular complexity index is 1080. The Labute approximate surface area is 157 Å². The molecule has 8 heteroatoms. The van der Waals surface area contributed by atoms with Crippen LogP contribution in [0.1, 0.15) is 25.5 Å². The zero-order valence-electron chi connectivity index (χ0n) is 14.9. The Hall–Kier alpha value is -2.58. The van der Waals surface area contributed by atoms with Gasteiger partial charge in [-0.15, -0.1) is 5.10 Å². The summed E-state index contributed by atoms with van der Waals surface area (Å²) in [6.45, 7) is 3.97. The second-order valence-corrected chi connectivity index (χ2v) is 8.99. The SMILES string of the molecule is CC1(C)[C@H](c2cn(-c3cccc(F)c3)nn2)[C@@H]1NS(=O)(=O)c1ccccc1. The van der Waals surface area contributed by atoms with Crippen LogP contribution in [0.4, 0.5) is 4.39 Å². The standard InChI is InChI=1S/C19H19FN4O2S/c1-19(2)17(18(19)22-27(25,26)15-9-4-3-5-10-15)16-12-24(23-21-16)14-8-6-7-13(20)11-14/h3-12,17-18,22H,1-2H3/t17-,18+/m1/s1. The number of benzene rings is 2. The lowest BCUT2D eigenvalue weighted by Crippen LogP contribution is -2.29. The highest BCUT2D eigenvalue weighted by atomic mass is 32.2. The summed E-state index contributed by atoms with van der Waals surface area (Å²) in [6, 6.07) is 14.0. The predicted octanol–water partition coefficient (Wildman–Crippen LogP) is 2.88. The zero-order valence-corrected chi connectivity index (χ0v) is 15.7. The summed E-state index contributed by atoms with van der Waals surface area (Å²) in [4.78, 5) is 0.231. The van der Waals surface area contributed by atoms with E-state index in [0.717, 1.165) is 0 Å². The predicted molar refractivity (Wildman–Crippen MR) is 98.4 cm³/mol. The molecule has 140 valence electrons. The van der Waals surface area contributed by atoms with Crippen LogP contribution in [-0.4, -0.2) is 29.5 Å². The van der Waals surface area contributed by atoms with E-state index in [2.05, 4.69) is 15.0 Å². The van der Waals surface area contributed by atoms with Gasteiger partial charge in [-0.05, 0) is 35.7 Å². The minimum absolute atomic E-state index is 0.113. The smallest absolute Gasteiger partial charge is 0.220 e. The van der Waals surface area contributed by atoms with Gasteiger partial charge in [-0.25, -0.2) is 22.2 Å². The molecule has 27 heavy (non-hydrogen) atoms. The molecule has 0 amide bonds. The first-order chi connectivity index (χ1) is 12.8. The number of aromatic nitrogens is 3. The van der Waals surface area contributed by atoms with Crippen molar-refractivity contribution in [2.75, 3.05) is 0 Å². The lowest BCUT2D eigenvalue weighted by Gasteiger charge is -2.07. The number of hydrogen-bond acceptors (Lipinski definition) is 4. The van der Waals surface area contributed by atoms with Crippen LogP contribution in [-0.2, 0) is 10.0 Å². The van der Waals surface area contributed by atoms with E-state index in [9.17, 15) is 12.8 Å². The van der Waals surface area contributed by atoms with Gasteiger partial charge in [-0.1, -0.05) is 43.3 Å². The maximum Gasteiger partial charge on any atom is 0.240 e. The van der Waals surface area contributed by atoms with Gasteiger partial charge < -0.3 is 0 Å². The van der Waals surface area contributed by atoms with Gasteiger partial charge in [0.1, 0.15) is 5.82 Å². The van der Waals surface area contributed by atoms with Crippen molar-refractivity contribution in [3.05, 3.63) is 72.3 Å².